The van der Waals surface area contributed by atoms with Crippen LogP contribution < -0.4 is 10.6 Å². The lowest BCUT2D eigenvalue weighted by Gasteiger charge is -2.20. The molecular formula is C14H23N3O4. The van der Waals surface area contributed by atoms with Crippen LogP contribution >= 0.6 is 0 Å². The zero-order chi connectivity index (χ0) is 15.2. The molecular weight excluding hydrogens is 274 g/mol. The first-order valence-corrected chi connectivity index (χ1v) is 7.38. The zero-order valence-electron chi connectivity index (χ0n) is 12.8. The van der Waals surface area contributed by atoms with Crippen molar-refractivity contribution in [3.63, 3.8) is 0 Å². The van der Waals surface area contributed by atoms with E-state index in [1.165, 1.54) is 4.57 Å². The van der Waals surface area contributed by atoms with Gasteiger partial charge < -0.3 is 19.1 Å². The number of rotatable bonds is 7. The van der Waals surface area contributed by atoms with E-state index >= 15 is 0 Å². The number of nitrogens with zero attached hydrogens (tertiary/aromatic N) is 3. The van der Waals surface area contributed by atoms with E-state index in [9.17, 15) is 4.79 Å². The van der Waals surface area contributed by atoms with Crippen LogP contribution in [0.25, 0.3) is 0 Å². The molecule has 0 saturated carbocycles. The van der Waals surface area contributed by atoms with E-state index in [0.717, 1.165) is 13.1 Å². The van der Waals surface area contributed by atoms with Gasteiger partial charge in [-0.05, 0) is 26.8 Å². The predicted molar refractivity (Wildman–Crippen MR) is 78.4 cm³/mol. The molecule has 118 valence electrons. The van der Waals surface area contributed by atoms with Gasteiger partial charge in [0.05, 0.1) is 13.2 Å². The molecule has 0 unspecified atom stereocenters. The molecule has 7 heteroatoms. The minimum absolute atomic E-state index is 0.323. The van der Waals surface area contributed by atoms with Crippen molar-refractivity contribution in [3.8, 4) is 0 Å². The van der Waals surface area contributed by atoms with Gasteiger partial charge in [0, 0.05) is 25.9 Å². The molecule has 2 atom stereocenters. The van der Waals surface area contributed by atoms with Gasteiger partial charge in [0.1, 0.15) is 5.82 Å². The molecule has 0 N–H and O–H groups in total. The maximum Gasteiger partial charge on any atom is 0.351 e. The van der Waals surface area contributed by atoms with Crippen molar-refractivity contribution in [2.45, 2.75) is 33.3 Å². The highest BCUT2D eigenvalue weighted by Gasteiger charge is 2.28. The van der Waals surface area contributed by atoms with Gasteiger partial charge in [0.2, 0.25) is 0 Å². The van der Waals surface area contributed by atoms with E-state index in [-0.39, 0.29) is 5.69 Å². The van der Waals surface area contributed by atoms with Crippen LogP contribution in [0.1, 0.15) is 27.0 Å². The lowest BCUT2D eigenvalue weighted by molar-refractivity contribution is -0.113. The average molecular weight is 297 g/mol. The van der Waals surface area contributed by atoms with Gasteiger partial charge in [0.15, 0.2) is 12.5 Å². The quantitative estimate of drug-likeness (QED) is 0.748. The van der Waals surface area contributed by atoms with Gasteiger partial charge in [-0.25, -0.2) is 4.79 Å². The Hall–Kier alpha value is -1.44. The van der Waals surface area contributed by atoms with Crippen molar-refractivity contribution >= 4 is 5.82 Å². The van der Waals surface area contributed by atoms with Gasteiger partial charge >= 0.3 is 5.69 Å². The number of ether oxygens (including phenoxy) is 3. The van der Waals surface area contributed by atoms with Gasteiger partial charge in [-0.15, -0.1) is 0 Å². The van der Waals surface area contributed by atoms with E-state index in [4.69, 9.17) is 14.2 Å². The number of hydrogen-bond acceptors (Lipinski definition) is 6. The first-order valence-electron chi connectivity index (χ1n) is 7.38. The van der Waals surface area contributed by atoms with Crippen LogP contribution in [0.15, 0.2) is 17.1 Å². The van der Waals surface area contributed by atoms with Crippen LogP contribution in [0.5, 0.6) is 0 Å². The summed E-state index contributed by atoms with van der Waals surface area (Å²) in [6.07, 6.45) is 0.839. The van der Waals surface area contributed by atoms with Crippen molar-refractivity contribution in [1.82, 2.24) is 9.55 Å². The zero-order valence-corrected chi connectivity index (χ0v) is 12.8. The Morgan fingerprint density at radius 3 is 2.81 bits per heavy atom. The first kappa shape index (κ1) is 15.9. The molecule has 1 aromatic heterocycles. The van der Waals surface area contributed by atoms with Crippen molar-refractivity contribution in [1.29, 1.82) is 0 Å². The Kier molecular flexibility index (Phi) is 5.72. The summed E-state index contributed by atoms with van der Waals surface area (Å²) < 4.78 is 17.8. The molecule has 0 bridgehead atoms. The van der Waals surface area contributed by atoms with Crippen LogP contribution in [0, 0.1) is 0 Å². The van der Waals surface area contributed by atoms with Gasteiger partial charge in [-0.2, -0.15) is 4.98 Å². The third kappa shape index (κ3) is 3.81. The fourth-order valence-electron chi connectivity index (χ4n) is 2.24. The summed E-state index contributed by atoms with van der Waals surface area (Å²) in [5, 5.41) is 0. The molecule has 2 heterocycles. The van der Waals surface area contributed by atoms with E-state index in [1.54, 1.807) is 6.20 Å². The predicted octanol–water partition coefficient (Wildman–Crippen LogP) is 0.997. The minimum atomic E-state index is -0.443. The van der Waals surface area contributed by atoms with Crippen LogP contribution in [-0.4, -0.2) is 48.8 Å². The molecule has 1 saturated heterocycles. The summed E-state index contributed by atoms with van der Waals surface area (Å²) in [5.41, 5.74) is -0.329. The largest absolute Gasteiger partial charge is 0.376 e. The van der Waals surface area contributed by atoms with Crippen LogP contribution in [0.4, 0.5) is 5.82 Å². The topological polar surface area (TPSA) is 65.8 Å². The smallest absolute Gasteiger partial charge is 0.351 e. The molecule has 1 aromatic rings. The van der Waals surface area contributed by atoms with Crippen LogP contribution in [-0.2, 0) is 14.2 Å². The van der Waals surface area contributed by atoms with Gasteiger partial charge in [-0.3, -0.25) is 4.57 Å². The highest BCUT2D eigenvalue weighted by atomic mass is 16.7. The first-order chi connectivity index (χ1) is 10.2. The Morgan fingerprint density at radius 1 is 1.43 bits per heavy atom. The van der Waals surface area contributed by atoms with E-state index < -0.39 is 12.5 Å². The third-order valence-electron chi connectivity index (χ3n) is 3.40. The van der Waals surface area contributed by atoms with E-state index in [1.807, 2.05) is 31.7 Å². The second-order valence-electron chi connectivity index (χ2n) is 4.66. The van der Waals surface area contributed by atoms with Crippen molar-refractivity contribution in [3.05, 3.63) is 22.7 Å². The van der Waals surface area contributed by atoms with Crippen LogP contribution in [0.3, 0.4) is 0 Å². The molecule has 0 amide bonds. The molecule has 0 aliphatic carbocycles. The monoisotopic (exact) mass is 297 g/mol. The van der Waals surface area contributed by atoms with Crippen molar-refractivity contribution in [2.75, 3.05) is 37.8 Å². The number of anilines is 1. The summed E-state index contributed by atoms with van der Waals surface area (Å²) in [5.74, 6) is 0.686. The Bertz CT molecular complexity index is 501. The fourth-order valence-corrected chi connectivity index (χ4v) is 2.24. The SMILES string of the molecule is CCOC[C@H]1OC[C@@H](n2ccc(N(CC)CC)nc2=O)O1. The fraction of sp³-hybridized carbons (Fsp3) is 0.714. The summed E-state index contributed by atoms with van der Waals surface area (Å²) in [6.45, 7) is 8.89. The maximum atomic E-state index is 12.1. The van der Waals surface area contributed by atoms with Crippen molar-refractivity contribution < 1.29 is 14.2 Å². The number of hydrogen-bond donors (Lipinski definition) is 0. The molecule has 21 heavy (non-hydrogen) atoms. The molecule has 1 aliphatic heterocycles. The average Bonchev–Trinajstić information content (AvgIpc) is 2.95. The van der Waals surface area contributed by atoms with Gasteiger partial charge in [-0.1, -0.05) is 0 Å². The van der Waals surface area contributed by atoms with Crippen LogP contribution in [0.2, 0.25) is 0 Å². The molecule has 0 radical (unpaired) electrons. The Balaban J connectivity index is 2.06. The molecule has 7 nitrogen and oxygen atoms in total. The minimum Gasteiger partial charge on any atom is -0.376 e. The molecule has 1 fully saturated rings. The molecule has 0 spiro atoms. The summed E-state index contributed by atoms with van der Waals surface area (Å²) in [7, 11) is 0. The summed E-state index contributed by atoms with van der Waals surface area (Å²) in [6, 6.07) is 1.83. The van der Waals surface area contributed by atoms with Gasteiger partial charge in [0.25, 0.3) is 0 Å². The maximum absolute atomic E-state index is 12.1. The third-order valence-corrected chi connectivity index (χ3v) is 3.40. The second-order valence-corrected chi connectivity index (χ2v) is 4.66. The lowest BCUT2D eigenvalue weighted by atomic mass is 10.4. The van der Waals surface area contributed by atoms with Crippen molar-refractivity contribution in [2.24, 2.45) is 0 Å². The molecule has 2 rings (SSSR count). The molecule has 0 aromatic carbocycles. The highest BCUT2D eigenvalue weighted by Crippen LogP contribution is 2.20. The lowest BCUT2D eigenvalue weighted by Crippen LogP contribution is -2.32. The Morgan fingerprint density at radius 2 is 2.19 bits per heavy atom. The van der Waals surface area contributed by atoms with E-state index in [0.29, 0.717) is 25.6 Å². The van der Waals surface area contributed by atoms with E-state index in [2.05, 4.69) is 4.98 Å². The Labute approximate surface area is 124 Å². The molecule has 1 aliphatic rings. The normalized spacial score (nSPS) is 21.7. The highest BCUT2D eigenvalue weighted by molar-refractivity contribution is 5.35. The standard InChI is InChI=1S/C14H23N3O4/c1-4-16(5-2)11-7-8-17(14(18)15-11)12-9-20-13(21-12)10-19-6-3/h7-8,12-13H,4-6,9-10H2,1-3H3/t12-,13-/m0/s1. The number of aromatic nitrogens is 2. The second kappa shape index (κ2) is 7.53. The summed E-state index contributed by atoms with van der Waals surface area (Å²) in [4.78, 5) is 18.3. The summed E-state index contributed by atoms with van der Waals surface area (Å²) >= 11 is 0.